The Morgan fingerprint density at radius 2 is 2.08 bits per heavy atom. The first kappa shape index (κ1) is 17.2. The van der Waals surface area contributed by atoms with Gasteiger partial charge in [-0.3, -0.25) is 14.7 Å². The molecule has 0 radical (unpaired) electrons. The number of rotatable bonds is 4. The highest BCUT2D eigenvalue weighted by molar-refractivity contribution is 5.83. The fourth-order valence-corrected chi connectivity index (χ4v) is 3.93. The van der Waals surface area contributed by atoms with Gasteiger partial charge in [0.15, 0.2) is 0 Å². The van der Waals surface area contributed by atoms with E-state index in [1.807, 2.05) is 19.1 Å². The van der Waals surface area contributed by atoms with E-state index in [9.17, 15) is 4.79 Å². The summed E-state index contributed by atoms with van der Waals surface area (Å²) in [6.45, 7) is 5.82. The molecule has 6 heteroatoms. The first-order chi connectivity index (χ1) is 11.7. The maximum atomic E-state index is 12.8. The number of hydrogen-bond acceptors (Lipinski definition) is 6. The lowest BCUT2D eigenvalue weighted by molar-refractivity contribution is -0.152. The van der Waals surface area contributed by atoms with Crippen molar-refractivity contribution in [2.45, 2.75) is 44.1 Å². The van der Waals surface area contributed by atoms with Gasteiger partial charge in [-0.15, -0.1) is 0 Å². The predicted molar refractivity (Wildman–Crippen MR) is 91.6 cm³/mol. The molecule has 3 rings (SSSR count). The second kappa shape index (κ2) is 7.49. The molecule has 2 N–H and O–H groups in total. The van der Waals surface area contributed by atoms with Crippen LogP contribution in [0.3, 0.4) is 0 Å². The molecule has 1 saturated carbocycles. The van der Waals surface area contributed by atoms with Crippen LogP contribution in [0.1, 0.15) is 38.3 Å². The van der Waals surface area contributed by atoms with E-state index in [0.29, 0.717) is 18.3 Å². The van der Waals surface area contributed by atoms with E-state index in [1.165, 1.54) is 0 Å². The van der Waals surface area contributed by atoms with E-state index in [0.717, 1.165) is 57.7 Å². The first-order valence-electron chi connectivity index (χ1n) is 8.87. The van der Waals surface area contributed by atoms with Gasteiger partial charge in [-0.1, -0.05) is 0 Å². The molecule has 0 spiro atoms. The molecule has 0 atom stereocenters. The standard InChI is InChI=1S/C18H27N3O3/c1-2-24-17(22)18(16-4-3-14(19)13-20-16)7-5-15(6-8-18)21-9-11-23-12-10-21/h3-4,13,15H,2,5-12,19H2,1H3/t15-,18+. The highest BCUT2D eigenvalue weighted by Crippen LogP contribution is 2.41. The fourth-order valence-electron chi connectivity index (χ4n) is 3.93. The number of nitrogens with zero attached hydrogens (tertiary/aromatic N) is 2. The van der Waals surface area contributed by atoms with Crippen molar-refractivity contribution in [2.24, 2.45) is 0 Å². The topological polar surface area (TPSA) is 77.7 Å². The summed E-state index contributed by atoms with van der Waals surface area (Å²) >= 11 is 0. The van der Waals surface area contributed by atoms with Gasteiger partial charge in [-0.25, -0.2) is 0 Å². The quantitative estimate of drug-likeness (QED) is 0.846. The van der Waals surface area contributed by atoms with Crippen molar-refractivity contribution in [3.8, 4) is 0 Å². The molecule has 24 heavy (non-hydrogen) atoms. The first-order valence-corrected chi connectivity index (χ1v) is 8.87. The molecule has 1 aliphatic heterocycles. The third-order valence-electron chi connectivity index (χ3n) is 5.31. The Morgan fingerprint density at radius 1 is 1.38 bits per heavy atom. The lowest BCUT2D eigenvalue weighted by atomic mass is 9.69. The van der Waals surface area contributed by atoms with Crippen molar-refractivity contribution in [1.82, 2.24) is 9.88 Å². The molecule has 1 saturated heterocycles. The molecule has 0 aromatic carbocycles. The number of pyridine rings is 1. The van der Waals surface area contributed by atoms with Gasteiger partial charge in [-0.2, -0.15) is 0 Å². The van der Waals surface area contributed by atoms with Crippen LogP contribution in [0.25, 0.3) is 0 Å². The van der Waals surface area contributed by atoms with Gasteiger partial charge in [-0.05, 0) is 44.7 Å². The summed E-state index contributed by atoms with van der Waals surface area (Å²) in [5.41, 5.74) is 6.52. The third-order valence-corrected chi connectivity index (χ3v) is 5.31. The van der Waals surface area contributed by atoms with Gasteiger partial charge in [0.25, 0.3) is 0 Å². The second-order valence-electron chi connectivity index (χ2n) is 6.66. The molecular formula is C18H27N3O3. The number of carbonyl (C=O) groups is 1. The summed E-state index contributed by atoms with van der Waals surface area (Å²) in [4.78, 5) is 19.7. The maximum absolute atomic E-state index is 12.8. The summed E-state index contributed by atoms with van der Waals surface area (Å²) in [5.74, 6) is -0.150. The number of carbonyl (C=O) groups excluding carboxylic acids is 1. The summed E-state index contributed by atoms with van der Waals surface area (Å²) in [5, 5.41) is 0. The number of ether oxygens (including phenoxy) is 2. The molecule has 0 unspecified atom stereocenters. The van der Waals surface area contributed by atoms with Crippen LogP contribution >= 0.6 is 0 Å². The number of morpholine rings is 1. The number of hydrogen-bond donors (Lipinski definition) is 1. The summed E-state index contributed by atoms with van der Waals surface area (Å²) in [6.07, 6.45) is 5.12. The molecule has 6 nitrogen and oxygen atoms in total. The minimum Gasteiger partial charge on any atom is -0.465 e. The lowest BCUT2D eigenvalue weighted by Crippen LogP contribution is -2.49. The van der Waals surface area contributed by atoms with Crippen molar-refractivity contribution >= 4 is 11.7 Å². The van der Waals surface area contributed by atoms with Gasteiger partial charge < -0.3 is 15.2 Å². The van der Waals surface area contributed by atoms with E-state index in [4.69, 9.17) is 15.2 Å². The highest BCUT2D eigenvalue weighted by atomic mass is 16.5. The smallest absolute Gasteiger partial charge is 0.318 e. The average molecular weight is 333 g/mol. The Kier molecular flexibility index (Phi) is 5.36. The molecular weight excluding hydrogens is 306 g/mol. The van der Waals surface area contributed by atoms with Crippen molar-refractivity contribution in [3.63, 3.8) is 0 Å². The molecule has 1 aliphatic carbocycles. The minimum absolute atomic E-state index is 0.150. The molecule has 2 aliphatic rings. The van der Waals surface area contributed by atoms with Crippen LogP contribution in [0.5, 0.6) is 0 Å². The molecule has 132 valence electrons. The number of esters is 1. The van der Waals surface area contributed by atoms with Crippen LogP contribution in [0.2, 0.25) is 0 Å². The largest absolute Gasteiger partial charge is 0.465 e. The number of aromatic nitrogens is 1. The van der Waals surface area contributed by atoms with Crippen molar-refractivity contribution in [1.29, 1.82) is 0 Å². The Balaban J connectivity index is 1.77. The van der Waals surface area contributed by atoms with Gasteiger partial charge in [0.2, 0.25) is 0 Å². The molecule has 1 aromatic heterocycles. The minimum atomic E-state index is -0.632. The van der Waals surface area contributed by atoms with Crippen LogP contribution in [0, 0.1) is 0 Å². The molecule has 0 bridgehead atoms. The van der Waals surface area contributed by atoms with Gasteiger partial charge >= 0.3 is 5.97 Å². The number of anilines is 1. The Hall–Kier alpha value is -1.66. The van der Waals surface area contributed by atoms with Crippen molar-refractivity contribution in [2.75, 3.05) is 38.6 Å². The zero-order valence-electron chi connectivity index (χ0n) is 14.4. The number of nitrogens with two attached hydrogens (primary N) is 1. The monoisotopic (exact) mass is 333 g/mol. The van der Waals surface area contributed by atoms with Crippen LogP contribution in [-0.2, 0) is 19.7 Å². The molecule has 0 amide bonds. The fraction of sp³-hybridized carbons (Fsp3) is 0.667. The summed E-state index contributed by atoms with van der Waals surface area (Å²) in [7, 11) is 0. The Morgan fingerprint density at radius 3 is 2.67 bits per heavy atom. The van der Waals surface area contributed by atoms with Crippen LogP contribution < -0.4 is 5.73 Å². The van der Waals surface area contributed by atoms with Crippen molar-refractivity contribution in [3.05, 3.63) is 24.0 Å². The van der Waals surface area contributed by atoms with Crippen LogP contribution in [0.4, 0.5) is 5.69 Å². The normalized spacial score (nSPS) is 28.5. The predicted octanol–water partition coefficient (Wildman–Crippen LogP) is 1.74. The van der Waals surface area contributed by atoms with E-state index >= 15 is 0 Å². The van der Waals surface area contributed by atoms with E-state index < -0.39 is 5.41 Å². The Labute approximate surface area is 143 Å². The number of nitrogen functional groups attached to an aromatic ring is 1. The van der Waals surface area contributed by atoms with Gasteiger partial charge in [0.05, 0.1) is 37.4 Å². The summed E-state index contributed by atoms with van der Waals surface area (Å²) < 4.78 is 10.9. The van der Waals surface area contributed by atoms with E-state index in [-0.39, 0.29) is 5.97 Å². The average Bonchev–Trinajstić information content (AvgIpc) is 2.63. The Bertz CT molecular complexity index is 547. The summed E-state index contributed by atoms with van der Waals surface area (Å²) in [6, 6.07) is 4.21. The van der Waals surface area contributed by atoms with Gasteiger partial charge in [0, 0.05) is 19.1 Å². The second-order valence-corrected chi connectivity index (χ2v) is 6.66. The molecule has 1 aromatic rings. The lowest BCUT2D eigenvalue weighted by Gasteiger charge is -2.42. The highest BCUT2D eigenvalue weighted by Gasteiger charge is 2.46. The zero-order valence-corrected chi connectivity index (χ0v) is 14.4. The van der Waals surface area contributed by atoms with Gasteiger partial charge in [0.1, 0.15) is 5.41 Å². The SMILES string of the molecule is CCOC(=O)[C@]1(c2ccc(N)cn2)CC[C@H](N2CCOCC2)CC1. The maximum Gasteiger partial charge on any atom is 0.318 e. The van der Waals surface area contributed by atoms with E-state index in [1.54, 1.807) is 6.20 Å². The van der Waals surface area contributed by atoms with Crippen molar-refractivity contribution < 1.29 is 14.3 Å². The molecule has 2 heterocycles. The molecule has 2 fully saturated rings. The zero-order chi connectivity index (χ0) is 17.0. The van der Waals surface area contributed by atoms with Crippen LogP contribution in [-0.4, -0.2) is 54.8 Å². The van der Waals surface area contributed by atoms with Crippen LogP contribution in [0.15, 0.2) is 18.3 Å². The van der Waals surface area contributed by atoms with E-state index in [2.05, 4.69) is 9.88 Å². The third kappa shape index (κ3) is 3.39.